The molecule has 2 aliphatic rings. The zero-order valence-corrected chi connectivity index (χ0v) is 8.36. The summed E-state index contributed by atoms with van der Waals surface area (Å²) in [6.07, 6.45) is 3.59. The third-order valence-corrected chi connectivity index (χ3v) is 3.42. The monoisotopic (exact) mass is 193 g/mol. The van der Waals surface area contributed by atoms with E-state index in [1.807, 2.05) is 0 Å². The lowest BCUT2D eigenvalue weighted by atomic mass is 10.1. The summed E-state index contributed by atoms with van der Waals surface area (Å²) < 4.78 is 5.35. The molecule has 0 saturated heterocycles. The number of hydrogen-bond acceptors (Lipinski definition) is 3. The van der Waals surface area contributed by atoms with Crippen LogP contribution in [0.25, 0.3) is 0 Å². The summed E-state index contributed by atoms with van der Waals surface area (Å²) in [5.41, 5.74) is 2.02. The molecule has 3 rings (SSSR count). The molecular formula is C11H15NO2. The van der Waals surface area contributed by atoms with Gasteiger partial charge in [-0.25, -0.2) is 0 Å². The lowest BCUT2D eigenvalue weighted by Gasteiger charge is -1.97. The molecule has 1 N–H and O–H groups in total. The second-order valence-electron chi connectivity index (χ2n) is 4.66. The minimum Gasteiger partial charge on any atom is -0.391 e. The van der Waals surface area contributed by atoms with Gasteiger partial charge in [0.25, 0.3) is 0 Å². The average Bonchev–Trinajstić information content (AvgIpc) is 3.08. The van der Waals surface area contributed by atoms with Crippen molar-refractivity contribution in [2.75, 3.05) is 0 Å². The van der Waals surface area contributed by atoms with Crippen LogP contribution in [0.3, 0.4) is 0 Å². The Labute approximate surface area is 83.1 Å². The van der Waals surface area contributed by atoms with Crippen LogP contribution in [0, 0.1) is 5.92 Å². The van der Waals surface area contributed by atoms with Gasteiger partial charge in [0.1, 0.15) is 5.76 Å². The molecule has 2 aliphatic carbocycles. The second-order valence-corrected chi connectivity index (χ2v) is 4.66. The maximum atomic E-state index is 9.33. The maximum absolute atomic E-state index is 9.33. The lowest BCUT2D eigenvalue weighted by molar-refractivity contribution is 0.276. The van der Waals surface area contributed by atoms with E-state index >= 15 is 0 Å². The number of hydrogen-bond donors (Lipinski definition) is 1. The number of rotatable bonds is 3. The predicted molar refractivity (Wildman–Crippen MR) is 50.9 cm³/mol. The zero-order chi connectivity index (χ0) is 9.71. The van der Waals surface area contributed by atoms with Crippen LogP contribution in [0.1, 0.15) is 55.0 Å². The SMILES string of the molecule is CC1CC1c1noc(C2CC2)c1CO. The van der Waals surface area contributed by atoms with E-state index in [1.54, 1.807) is 0 Å². The first kappa shape index (κ1) is 8.48. The van der Waals surface area contributed by atoms with Crippen molar-refractivity contribution in [1.29, 1.82) is 0 Å². The van der Waals surface area contributed by atoms with Crippen LogP contribution < -0.4 is 0 Å². The fourth-order valence-electron chi connectivity index (χ4n) is 2.15. The van der Waals surface area contributed by atoms with Gasteiger partial charge in [0.15, 0.2) is 0 Å². The molecule has 0 radical (unpaired) electrons. The Bertz CT molecular complexity index is 354. The molecule has 2 fully saturated rings. The zero-order valence-electron chi connectivity index (χ0n) is 8.36. The Balaban J connectivity index is 1.95. The van der Waals surface area contributed by atoms with Gasteiger partial charge in [0.05, 0.1) is 12.3 Å². The lowest BCUT2D eigenvalue weighted by Crippen LogP contribution is -1.93. The standard InChI is InChI=1S/C11H15NO2/c1-6-4-8(6)10-9(5-13)11(14-12-10)7-2-3-7/h6-8,13H,2-5H2,1H3. The van der Waals surface area contributed by atoms with Gasteiger partial charge in [-0.15, -0.1) is 0 Å². The normalized spacial score (nSPS) is 30.7. The van der Waals surface area contributed by atoms with E-state index < -0.39 is 0 Å². The first-order valence-electron chi connectivity index (χ1n) is 5.40. The molecule has 3 nitrogen and oxygen atoms in total. The highest BCUT2D eigenvalue weighted by Gasteiger charge is 2.41. The molecule has 2 saturated carbocycles. The van der Waals surface area contributed by atoms with Crippen LogP contribution in [0.5, 0.6) is 0 Å². The summed E-state index contributed by atoms with van der Waals surface area (Å²) in [5, 5.41) is 13.5. The van der Waals surface area contributed by atoms with E-state index in [1.165, 1.54) is 19.3 Å². The van der Waals surface area contributed by atoms with E-state index in [9.17, 15) is 5.11 Å². The molecule has 3 heteroatoms. The number of aromatic nitrogens is 1. The van der Waals surface area contributed by atoms with Crippen molar-refractivity contribution < 1.29 is 9.63 Å². The topological polar surface area (TPSA) is 46.3 Å². The molecule has 0 aliphatic heterocycles. The van der Waals surface area contributed by atoms with Gasteiger partial charge in [-0.3, -0.25) is 0 Å². The van der Waals surface area contributed by atoms with Crippen LogP contribution in [-0.2, 0) is 6.61 Å². The summed E-state index contributed by atoms with van der Waals surface area (Å²) in [6.45, 7) is 2.31. The smallest absolute Gasteiger partial charge is 0.145 e. The van der Waals surface area contributed by atoms with Crippen LogP contribution in [0.15, 0.2) is 4.52 Å². The maximum Gasteiger partial charge on any atom is 0.145 e. The van der Waals surface area contributed by atoms with Gasteiger partial charge in [-0.05, 0) is 25.2 Å². The highest BCUT2D eigenvalue weighted by atomic mass is 16.5. The largest absolute Gasteiger partial charge is 0.391 e. The molecule has 2 atom stereocenters. The molecule has 14 heavy (non-hydrogen) atoms. The first-order valence-corrected chi connectivity index (χ1v) is 5.40. The third kappa shape index (κ3) is 1.19. The molecule has 76 valence electrons. The van der Waals surface area contributed by atoms with Crippen LogP contribution >= 0.6 is 0 Å². The van der Waals surface area contributed by atoms with E-state index in [2.05, 4.69) is 12.1 Å². The summed E-state index contributed by atoms with van der Waals surface area (Å²) in [7, 11) is 0. The van der Waals surface area contributed by atoms with Crippen molar-refractivity contribution in [2.24, 2.45) is 5.92 Å². The molecule has 0 spiro atoms. The van der Waals surface area contributed by atoms with Crippen molar-refractivity contribution >= 4 is 0 Å². The van der Waals surface area contributed by atoms with Gasteiger partial charge >= 0.3 is 0 Å². The number of aliphatic hydroxyl groups is 1. The van der Waals surface area contributed by atoms with Gasteiger partial charge < -0.3 is 9.63 Å². The highest BCUT2D eigenvalue weighted by molar-refractivity contribution is 5.32. The summed E-state index contributed by atoms with van der Waals surface area (Å²) in [6, 6.07) is 0. The van der Waals surface area contributed by atoms with E-state index in [4.69, 9.17) is 4.52 Å². The van der Waals surface area contributed by atoms with Crippen molar-refractivity contribution in [3.63, 3.8) is 0 Å². The molecule has 2 unspecified atom stereocenters. The van der Waals surface area contributed by atoms with E-state index in [-0.39, 0.29) is 6.61 Å². The third-order valence-electron chi connectivity index (χ3n) is 3.42. The van der Waals surface area contributed by atoms with Crippen LogP contribution in [0.2, 0.25) is 0 Å². The van der Waals surface area contributed by atoms with E-state index in [0.717, 1.165) is 22.9 Å². The van der Waals surface area contributed by atoms with Crippen LogP contribution in [0.4, 0.5) is 0 Å². The Morgan fingerprint density at radius 3 is 2.71 bits per heavy atom. The van der Waals surface area contributed by atoms with Gasteiger partial charge in [0.2, 0.25) is 0 Å². The molecule has 0 amide bonds. The fraction of sp³-hybridized carbons (Fsp3) is 0.727. The quantitative estimate of drug-likeness (QED) is 0.800. The van der Waals surface area contributed by atoms with Gasteiger partial charge in [-0.1, -0.05) is 12.1 Å². The minimum atomic E-state index is 0.0912. The van der Waals surface area contributed by atoms with Crippen molar-refractivity contribution in [3.05, 3.63) is 17.0 Å². The second kappa shape index (κ2) is 2.83. The van der Waals surface area contributed by atoms with Crippen molar-refractivity contribution in [2.45, 2.75) is 44.6 Å². The summed E-state index contributed by atoms with van der Waals surface area (Å²) in [4.78, 5) is 0. The predicted octanol–water partition coefficient (Wildman–Crippen LogP) is 2.17. The molecule has 1 heterocycles. The van der Waals surface area contributed by atoms with Crippen LogP contribution in [-0.4, -0.2) is 10.3 Å². The highest BCUT2D eigenvalue weighted by Crippen LogP contribution is 2.50. The molecule has 1 aromatic heterocycles. The Kier molecular flexibility index (Phi) is 1.71. The summed E-state index contributed by atoms with van der Waals surface area (Å²) in [5.74, 6) is 2.78. The Hall–Kier alpha value is -0.830. The fourth-order valence-corrected chi connectivity index (χ4v) is 2.15. The molecule has 0 aromatic carbocycles. The van der Waals surface area contributed by atoms with Crippen molar-refractivity contribution in [1.82, 2.24) is 5.16 Å². The Morgan fingerprint density at radius 2 is 2.21 bits per heavy atom. The Morgan fingerprint density at radius 1 is 1.50 bits per heavy atom. The summed E-state index contributed by atoms with van der Waals surface area (Å²) >= 11 is 0. The first-order chi connectivity index (χ1) is 6.81. The van der Waals surface area contributed by atoms with E-state index in [0.29, 0.717) is 11.8 Å². The average molecular weight is 193 g/mol. The molecular weight excluding hydrogens is 178 g/mol. The minimum absolute atomic E-state index is 0.0912. The molecule has 0 bridgehead atoms. The van der Waals surface area contributed by atoms with Crippen molar-refractivity contribution in [3.8, 4) is 0 Å². The number of nitrogens with zero attached hydrogens (tertiary/aromatic N) is 1. The molecule has 1 aromatic rings. The van der Waals surface area contributed by atoms with Gasteiger partial charge in [0, 0.05) is 17.4 Å². The number of aliphatic hydroxyl groups excluding tert-OH is 1. The van der Waals surface area contributed by atoms with Gasteiger partial charge in [-0.2, -0.15) is 0 Å².